The van der Waals surface area contributed by atoms with Crippen molar-refractivity contribution in [3.05, 3.63) is 83.4 Å². The van der Waals surface area contributed by atoms with Gasteiger partial charge >= 0.3 is 0 Å². The van der Waals surface area contributed by atoms with Crippen LogP contribution in [-0.2, 0) is 26.2 Å². The summed E-state index contributed by atoms with van der Waals surface area (Å²) in [5.74, 6) is 0.231. The predicted octanol–water partition coefficient (Wildman–Crippen LogP) is 4.71. The van der Waals surface area contributed by atoms with Gasteiger partial charge in [-0.15, -0.1) is 0 Å². The highest BCUT2D eigenvalue weighted by molar-refractivity contribution is 7.92. The number of nitrogens with one attached hydrogen (secondary N) is 1. The summed E-state index contributed by atoms with van der Waals surface area (Å²) in [6.07, 6.45) is 0. The predicted molar refractivity (Wildman–Crippen MR) is 164 cm³/mol. The minimum atomic E-state index is -4.21. The lowest BCUT2D eigenvalue weighted by atomic mass is 10.1. The minimum Gasteiger partial charge on any atom is -0.497 e. The molecule has 2 amide bonds. The molecule has 1 atom stereocenters. The topological polar surface area (TPSA) is 105 Å². The summed E-state index contributed by atoms with van der Waals surface area (Å²) in [5, 5.41) is 2.89. The minimum absolute atomic E-state index is 0.0338. The molecule has 0 fully saturated rings. The molecule has 226 valence electrons. The van der Waals surface area contributed by atoms with Crippen LogP contribution >= 0.6 is 0 Å². The number of methoxy groups -OCH3 is 2. The van der Waals surface area contributed by atoms with Gasteiger partial charge in [0.15, 0.2) is 0 Å². The second kappa shape index (κ2) is 14.2. The van der Waals surface area contributed by atoms with Crippen LogP contribution in [0.2, 0.25) is 0 Å². The van der Waals surface area contributed by atoms with E-state index in [2.05, 4.69) is 5.32 Å². The number of amides is 2. The first-order valence-corrected chi connectivity index (χ1v) is 15.3. The number of anilines is 1. The number of ether oxygens (including phenoxy) is 2. The van der Waals surface area contributed by atoms with Crippen LogP contribution in [0.15, 0.2) is 71.6 Å². The molecule has 9 nitrogen and oxygen atoms in total. The Balaban J connectivity index is 2.09. The van der Waals surface area contributed by atoms with Crippen LogP contribution in [0.4, 0.5) is 5.69 Å². The van der Waals surface area contributed by atoms with Crippen molar-refractivity contribution in [1.29, 1.82) is 0 Å². The molecule has 0 heterocycles. The monoisotopic (exact) mass is 595 g/mol. The second-order valence-corrected chi connectivity index (χ2v) is 12.6. The van der Waals surface area contributed by atoms with E-state index in [0.29, 0.717) is 18.0 Å². The fourth-order valence-corrected chi connectivity index (χ4v) is 5.76. The number of sulfonamides is 1. The highest BCUT2D eigenvalue weighted by atomic mass is 32.2. The number of hydrogen-bond donors (Lipinski definition) is 1. The number of rotatable bonds is 13. The summed E-state index contributed by atoms with van der Waals surface area (Å²) >= 11 is 0. The zero-order valence-corrected chi connectivity index (χ0v) is 26.2. The van der Waals surface area contributed by atoms with Crippen molar-refractivity contribution < 1.29 is 27.5 Å². The van der Waals surface area contributed by atoms with Crippen LogP contribution in [0, 0.1) is 19.8 Å². The first kappa shape index (κ1) is 32.5. The van der Waals surface area contributed by atoms with Crippen molar-refractivity contribution in [3.8, 4) is 11.5 Å². The molecule has 0 aliphatic carbocycles. The third-order valence-corrected chi connectivity index (χ3v) is 8.60. The smallest absolute Gasteiger partial charge is 0.264 e. The highest BCUT2D eigenvalue weighted by Crippen LogP contribution is 2.34. The van der Waals surface area contributed by atoms with Gasteiger partial charge in [0.1, 0.15) is 24.1 Å². The molecule has 3 aromatic rings. The first-order chi connectivity index (χ1) is 19.9. The van der Waals surface area contributed by atoms with Gasteiger partial charge in [0.05, 0.1) is 24.8 Å². The Morgan fingerprint density at radius 1 is 0.881 bits per heavy atom. The molecule has 1 N–H and O–H groups in total. The van der Waals surface area contributed by atoms with Crippen LogP contribution < -0.4 is 19.1 Å². The van der Waals surface area contributed by atoms with Crippen molar-refractivity contribution in [2.45, 2.75) is 52.1 Å². The summed E-state index contributed by atoms with van der Waals surface area (Å²) < 4.78 is 40.1. The largest absolute Gasteiger partial charge is 0.497 e. The summed E-state index contributed by atoms with van der Waals surface area (Å²) in [6, 6.07) is 17.9. The van der Waals surface area contributed by atoms with E-state index in [-0.39, 0.29) is 29.0 Å². The average molecular weight is 596 g/mol. The molecule has 0 saturated carbocycles. The number of aryl methyl sites for hydroxylation is 2. The Bertz CT molecular complexity index is 1490. The maximum Gasteiger partial charge on any atom is 0.264 e. The van der Waals surface area contributed by atoms with E-state index in [4.69, 9.17) is 9.47 Å². The Morgan fingerprint density at radius 3 is 2.17 bits per heavy atom. The van der Waals surface area contributed by atoms with Gasteiger partial charge in [-0.25, -0.2) is 8.42 Å². The van der Waals surface area contributed by atoms with Crippen LogP contribution in [0.3, 0.4) is 0 Å². The van der Waals surface area contributed by atoms with E-state index in [1.807, 2.05) is 33.8 Å². The van der Waals surface area contributed by atoms with Gasteiger partial charge in [0, 0.05) is 13.1 Å². The Kier molecular flexibility index (Phi) is 11.0. The normalized spacial score (nSPS) is 12.0. The second-order valence-electron chi connectivity index (χ2n) is 10.7. The van der Waals surface area contributed by atoms with Crippen molar-refractivity contribution in [3.63, 3.8) is 0 Å². The summed E-state index contributed by atoms with van der Waals surface area (Å²) in [6.45, 7) is 9.25. The number of hydrogen-bond acceptors (Lipinski definition) is 6. The highest BCUT2D eigenvalue weighted by Gasteiger charge is 2.34. The molecule has 0 aliphatic rings. The van der Waals surface area contributed by atoms with E-state index in [1.165, 1.54) is 24.1 Å². The molecular weight excluding hydrogens is 554 g/mol. The van der Waals surface area contributed by atoms with Crippen LogP contribution in [0.1, 0.15) is 37.5 Å². The third-order valence-electron chi connectivity index (χ3n) is 6.83. The Hall–Kier alpha value is -4.05. The number of carbonyl (C=O) groups excluding carboxylic acids is 2. The third kappa shape index (κ3) is 8.03. The standard InChI is InChI=1S/C32H41N3O6S/c1-22(2)19-33-32(37)25(5)34(20-26-9-8-10-27(18-26)40-6)31(36)21-35(29-17-24(4)13-16-30(29)41-7)42(38,39)28-14-11-23(3)12-15-28/h8-18,22,25H,19-21H2,1-7H3,(H,33,37)/t25-/m0/s1. The van der Waals surface area contributed by atoms with Crippen LogP contribution in [0.5, 0.6) is 11.5 Å². The van der Waals surface area contributed by atoms with E-state index < -0.39 is 28.5 Å². The summed E-state index contributed by atoms with van der Waals surface area (Å²) in [7, 11) is -1.22. The lowest BCUT2D eigenvalue weighted by molar-refractivity contribution is -0.139. The van der Waals surface area contributed by atoms with Gasteiger partial charge in [0.25, 0.3) is 10.0 Å². The molecule has 0 unspecified atom stereocenters. The summed E-state index contributed by atoms with van der Waals surface area (Å²) in [5.41, 5.74) is 2.64. The van der Waals surface area contributed by atoms with Crippen molar-refractivity contribution >= 4 is 27.5 Å². The summed E-state index contributed by atoms with van der Waals surface area (Å²) in [4.78, 5) is 28.8. The van der Waals surface area contributed by atoms with Crippen LogP contribution in [0.25, 0.3) is 0 Å². The van der Waals surface area contributed by atoms with Gasteiger partial charge in [-0.05, 0) is 74.2 Å². The van der Waals surface area contributed by atoms with Crippen molar-refractivity contribution in [2.24, 2.45) is 5.92 Å². The quantitative estimate of drug-likeness (QED) is 0.307. The molecular formula is C32H41N3O6S. The van der Waals surface area contributed by atoms with E-state index in [0.717, 1.165) is 21.0 Å². The molecule has 0 aliphatic heterocycles. The van der Waals surface area contributed by atoms with E-state index >= 15 is 0 Å². The maximum absolute atomic E-state index is 14.2. The Labute approximate surface area is 249 Å². The van der Waals surface area contributed by atoms with E-state index in [9.17, 15) is 18.0 Å². The molecule has 3 rings (SSSR count). The zero-order chi connectivity index (χ0) is 31.0. The Morgan fingerprint density at radius 2 is 1.55 bits per heavy atom. The number of carbonyl (C=O) groups is 2. The number of nitrogens with zero attached hydrogens (tertiary/aromatic N) is 2. The van der Waals surface area contributed by atoms with E-state index in [1.54, 1.807) is 62.6 Å². The molecule has 0 aromatic heterocycles. The van der Waals surface area contributed by atoms with Gasteiger partial charge in [0.2, 0.25) is 11.8 Å². The van der Waals surface area contributed by atoms with Gasteiger partial charge in [-0.3, -0.25) is 13.9 Å². The number of benzene rings is 3. The van der Waals surface area contributed by atoms with Crippen LogP contribution in [-0.4, -0.2) is 58.5 Å². The zero-order valence-electron chi connectivity index (χ0n) is 25.4. The lowest BCUT2D eigenvalue weighted by Crippen LogP contribution is -2.51. The molecule has 42 heavy (non-hydrogen) atoms. The molecule has 0 radical (unpaired) electrons. The molecule has 3 aromatic carbocycles. The van der Waals surface area contributed by atoms with Gasteiger partial charge in [-0.2, -0.15) is 0 Å². The molecule has 0 spiro atoms. The SMILES string of the molecule is COc1cccc(CN(C(=O)CN(c2cc(C)ccc2OC)S(=O)(=O)c2ccc(C)cc2)[C@@H](C)C(=O)NCC(C)C)c1. The fraction of sp³-hybridized carbons (Fsp3) is 0.375. The first-order valence-electron chi connectivity index (χ1n) is 13.8. The van der Waals surface area contributed by atoms with Gasteiger partial charge < -0.3 is 19.7 Å². The van der Waals surface area contributed by atoms with Gasteiger partial charge in [-0.1, -0.05) is 49.7 Å². The van der Waals surface area contributed by atoms with Crippen molar-refractivity contribution in [1.82, 2.24) is 10.2 Å². The average Bonchev–Trinajstić information content (AvgIpc) is 2.97. The molecule has 10 heteroatoms. The maximum atomic E-state index is 14.2. The molecule has 0 bridgehead atoms. The molecule has 0 saturated heterocycles. The fourth-order valence-electron chi connectivity index (χ4n) is 4.35. The lowest BCUT2D eigenvalue weighted by Gasteiger charge is -2.32. The van der Waals surface area contributed by atoms with Crippen molar-refractivity contribution in [2.75, 3.05) is 31.6 Å².